The molecule has 0 spiro atoms. The standard InChI is InChI=1S/C22H22N2O2S2/c1-15(2)18-13-28-22(27)24(18)21(26)19(16-9-5-3-6-10-16)20(23-14-25)17-11-7-4-8-12-17/h3-12,15,18-20H,13H2,1-2H3/t18-,19-,20+/m1/s1. The van der Waals surface area contributed by atoms with Crippen LogP contribution >= 0.6 is 24.0 Å². The average molecular weight is 411 g/mol. The summed E-state index contributed by atoms with van der Waals surface area (Å²) in [7, 11) is 0. The van der Waals surface area contributed by atoms with Crippen molar-refractivity contribution in [2.45, 2.75) is 31.8 Å². The van der Waals surface area contributed by atoms with Gasteiger partial charge in [0.15, 0.2) is 0 Å². The second-order valence-electron chi connectivity index (χ2n) is 7.06. The fourth-order valence-electron chi connectivity index (χ4n) is 3.50. The average Bonchev–Trinajstić information content (AvgIpc) is 3.11. The first kappa shape index (κ1) is 20.5. The molecule has 0 bridgehead atoms. The van der Waals surface area contributed by atoms with Crippen LogP contribution in [-0.4, -0.2) is 33.0 Å². The third-order valence-electron chi connectivity index (χ3n) is 4.99. The van der Waals surface area contributed by atoms with Crippen molar-refractivity contribution < 1.29 is 9.59 Å². The van der Waals surface area contributed by atoms with Crippen molar-refractivity contribution in [3.63, 3.8) is 0 Å². The van der Waals surface area contributed by atoms with Crippen LogP contribution in [0, 0.1) is 5.92 Å². The Bertz CT molecular complexity index is 880. The quantitative estimate of drug-likeness (QED) is 0.392. The Labute approximate surface area is 175 Å². The monoisotopic (exact) mass is 410 g/mol. The molecule has 1 aliphatic heterocycles. The summed E-state index contributed by atoms with van der Waals surface area (Å²) in [6.07, 6.45) is 1.67. The van der Waals surface area contributed by atoms with Gasteiger partial charge in [-0.2, -0.15) is 4.99 Å². The van der Waals surface area contributed by atoms with Gasteiger partial charge in [-0.3, -0.25) is 9.69 Å². The SMILES string of the molecule is CC(C)[C@H]1CSC(=S)N1C(=O)[C@H](c1ccccc1)[C@@H](N=C=O)c1ccccc1. The number of amides is 1. The molecule has 0 aliphatic carbocycles. The maximum atomic E-state index is 13.8. The minimum atomic E-state index is -0.658. The minimum absolute atomic E-state index is 0.0350. The molecule has 1 fully saturated rings. The lowest BCUT2D eigenvalue weighted by atomic mass is 9.85. The van der Waals surface area contributed by atoms with E-state index < -0.39 is 12.0 Å². The van der Waals surface area contributed by atoms with Crippen LogP contribution in [-0.2, 0) is 9.59 Å². The Morgan fingerprint density at radius 3 is 2.21 bits per heavy atom. The van der Waals surface area contributed by atoms with Gasteiger partial charge in [-0.25, -0.2) is 4.79 Å². The molecule has 0 aromatic heterocycles. The van der Waals surface area contributed by atoms with Crippen LogP contribution in [0.1, 0.15) is 36.9 Å². The summed E-state index contributed by atoms with van der Waals surface area (Å²) in [6, 6.07) is 18.3. The van der Waals surface area contributed by atoms with Gasteiger partial charge >= 0.3 is 0 Å². The van der Waals surface area contributed by atoms with Gasteiger partial charge in [0.1, 0.15) is 10.4 Å². The molecule has 2 aromatic carbocycles. The fraction of sp³-hybridized carbons (Fsp3) is 0.318. The van der Waals surface area contributed by atoms with Gasteiger partial charge in [-0.05, 0) is 17.0 Å². The van der Waals surface area contributed by atoms with Gasteiger partial charge < -0.3 is 0 Å². The molecule has 0 unspecified atom stereocenters. The molecule has 3 atom stereocenters. The van der Waals surface area contributed by atoms with Gasteiger partial charge in [0.05, 0.1) is 5.92 Å². The molecule has 6 heteroatoms. The molecule has 1 amide bonds. The number of benzene rings is 2. The summed E-state index contributed by atoms with van der Waals surface area (Å²) in [4.78, 5) is 30.8. The predicted octanol–water partition coefficient (Wildman–Crippen LogP) is 4.73. The normalized spacial score (nSPS) is 18.6. The molecule has 4 nitrogen and oxygen atoms in total. The molecular formula is C22H22N2O2S2. The highest BCUT2D eigenvalue weighted by molar-refractivity contribution is 8.23. The second-order valence-corrected chi connectivity index (χ2v) is 8.71. The summed E-state index contributed by atoms with van der Waals surface area (Å²) in [5.41, 5.74) is 1.61. The van der Waals surface area contributed by atoms with E-state index in [2.05, 4.69) is 18.8 Å². The van der Waals surface area contributed by atoms with E-state index in [0.29, 0.717) is 4.32 Å². The van der Waals surface area contributed by atoms with Gasteiger partial charge in [-0.15, -0.1) is 0 Å². The van der Waals surface area contributed by atoms with Crippen LogP contribution in [0.4, 0.5) is 0 Å². The van der Waals surface area contributed by atoms with Crippen molar-refractivity contribution in [2.75, 3.05) is 5.75 Å². The number of carbonyl (C=O) groups is 1. The summed E-state index contributed by atoms with van der Waals surface area (Å²) in [5.74, 6) is 0.297. The van der Waals surface area contributed by atoms with Gasteiger partial charge in [0.2, 0.25) is 12.0 Å². The lowest BCUT2D eigenvalue weighted by Crippen LogP contribution is -2.45. The zero-order valence-electron chi connectivity index (χ0n) is 15.8. The Morgan fingerprint density at radius 2 is 1.68 bits per heavy atom. The highest BCUT2D eigenvalue weighted by atomic mass is 32.2. The zero-order chi connectivity index (χ0) is 20.1. The van der Waals surface area contributed by atoms with E-state index in [9.17, 15) is 9.59 Å². The van der Waals surface area contributed by atoms with E-state index in [1.807, 2.05) is 60.7 Å². The van der Waals surface area contributed by atoms with Gasteiger partial charge in [0, 0.05) is 11.8 Å². The molecule has 28 heavy (non-hydrogen) atoms. The van der Waals surface area contributed by atoms with E-state index >= 15 is 0 Å². The first-order chi connectivity index (χ1) is 13.5. The molecule has 0 N–H and O–H groups in total. The summed E-state index contributed by atoms with van der Waals surface area (Å²) in [6.45, 7) is 4.18. The Balaban J connectivity index is 2.10. The number of aliphatic imine (C=N–C) groups is 1. The second kappa shape index (κ2) is 9.28. The minimum Gasteiger partial charge on any atom is -0.293 e. The van der Waals surface area contributed by atoms with Crippen molar-refractivity contribution in [1.82, 2.24) is 4.90 Å². The largest absolute Gasteiger partial charge is 0.293 e. The lowest BCUT2D eigenvalue weighted by molar-refractivity contribution is -0.131. The fourth-order valence-corrected chi connectivity index (χ4v) is 5.14. The van der Waals surface area contributed by atoms with Crippen LogP contribution in [0.3, 0.4) is 0 Å². The zero-order valence-corrected chi connectivity index (χ0v) is 17.5. The van der Waals surface area contributed by atoms with Crippen LogP contribution < -0.4 is 0 Å². The van der Waals surface area contributed by atoms with E-state index in [0.717, 1.165) is 16.9 Å². The van der Waals surface area contributed by atoms with E-state index in [-0.39, 0.29) is 17.9 Å². The molecule has 0 radical (unpaired) electrons. The number of nitrogens with zero attached hydrogens (tertiary/aromatic N) is 2. The van der Waals surface area contributed by atoms with Crippen LogP contribution in [0.2, 0.25) is 0 Å². The number of carbonyl (C=O) groups excluding carboxylic acids is 2. The van der Waals surface area contributed by atoms with Crippen molar-refractivity contribution in [2.24, 2.45) is 10.9 Å². The van der Waals surface area contributed by atoms with E-state index in [1.54, 1.807) is 11.0 Å². The molecule has 1 saturated heterocycles. The Morgan fingerprint density at radius 1 is 1.11 bits per heavy atom. The maximum Gasteiger partial charge on any atom is 0.238 e. The summed E-state index contributed by atoms with van der Waals surface area (Å²) < 4.78 is 0.589. The predicted molar refractivity (Wildman–Crippen MR) is 117 cm³/mol. The van der Waals surface area contributed by atoms with Crippen LogP contribution in [0.25, 0.3) is 0 Å². The number of isocyanates is 1. The lowest BCUT2D eigenvalue weighted by Gasteiger charge is -2.32. The van der Waals surface area contributed by atoms with Crippen LogP contribution in [0.15, 0.2) is 65.7 Å². The van der Waals surface area contributed by atoms with Crippen molar-refractivity contribution in [3.8, 4) is 0 Å². The smallest absolute Gasteiger partial charge is 0.238 e. The highest BCUT2D eigenvalue weighted by Crippen LogP contribution is 2.39. The van der Waals surface area contributed by atoms with Gasteiger partial charge in [0.25, 0.3) is 0 Å². The number of hydrogen-bond acceptors (Lipinski definition) is 5. The molecule has 0 saturated carbocycles. The summed E-state index contributed by atoms with van der Waals surface area (Å²) >= 11 is 7.04. The number of hydrogen-bond donors (Lipinski definition) is 0. The Hall–Kier alpha value is -2.27. The molecule has 1 heterocycles. The number of rotatable bonds is 6. The molecule has 1 aliphatic rings. The van der Waals surface area contributed by atoms with Gasteiger partial charge in [-0.1, -0.05) is 98.5 Å². The maximum absolute atomic E-state index is 13.8. The van der Waals surface area contributed by atoms with Crippen molar-refractivity contribution in [1.29, 1.82) is 0 Å². The van der Waals surface area contributed by atoms with Crippen LogP contribution in [0.5, 0.6) is 0 Å². The topological polar surface area (TPSA) is 49.7 Å². The molecule has 144 valence electrons. The first-order valence-corrected chi connectivity index (χ1v) is 10.6. The third kappa shape index (κ3) is 4.25. The number of thiocarbonyl (C=S) groups is 1. The van der Waals surface area contributed by atoms with Crippen molar-refractivity contribution in [3.05, 3.63) is 71.8 Å². The first-order valence-electron chi connectivity index (χ1n) is 9.21. The molecule has 3 rings (SSSR count). The van der Waals surface area contributed by atoms with Crippen molar-refractivity contribution >= 4 is 40.3 Å². The van der Waals surface area contributed by atoms with E-state index in [4.69, 9.17) is 12.2 Å². The third-order valence-corrected chi connectivity index (χ3v) is 6.49. The number of thioether (sulfide) groups is 1. The van der Waals surface area contributed by atoms with E-state index in [1.165, 1.54) is 11.8 Å². The molecular weight excluding hydrogens is 388 g/mol. The Kier molecular flexibility index (Phi) is 6.79. The molecule has 2 aromatic rings. The highest BCUT2D eigenvalue weighted by Gasteiger charge is 2.42. The summed E-state index contributed by atoms with van der Waals surface area (Å²) in [5, 5.41) is 0.